The third-order valence-corrected chi connectivity index (χ3v) is 17.8. The van der Waals surface area contributed by atoms with E-state index in [9.17, 15) is 106 Å². The fraction of sp³-hybridized carbons (Fsp3) is 0.917. The summed E-state index contributed by atoms with van der Waals surface area (Å²) in [5.74, 6) is -2.23. The fourth-order valence-corrected chi connectivity index (χ4v) is 12.4. The SMILES string of the molecule is CCCCCCCCCCCCC/C=C/[C@@H](O)[C@H](CO[C@@H]1O[C@H](CO)[C@@H](O[C@@H]2O[C@H](CO)[C@H](O)[C@H](O[C@@H]3O[C@H](CO)[C@@H](O[C@@H]4O[C@H](CO)[C@H](O)[C@H](O[C@@H]5O[C@H](CO)[C@@H](O[C@@H]6O[C@H](CO)[C@H](O)[C@H](O)[C@H]6O)[C@H](O)[C@H]5NC(C)=O)[C@H]4O)[C@H](O)[C@H]3NC(C)=O)[C@H]2O)[C@H](O)[C@H]1O)NC(C)=O. The van der Waals surface area contributed by atoms with E-state index < -0.39 is 260 Å². The first kappa shape index (κ1) is 81.9. The van der Waals surface area contributed by atoms with Crippen LogP contribution in [0.25, 0.3) is 0 Å². The van der Waals surface area contributed by atoms with Crippen molar-refractivity contribution < 1.29 is 163 Å². The summed E-state index contributed by atoms with van der Waals surface area (Å²) in [6.07, 6.45) is -38.0. The summed E-state index contributed by atoms with van der Waals surface area (Å²) in [7, 11) is 0. The van der Waals surface area contributed by atoms with Gasteiger partial charge in [-0.15, -0.1) is 0 Å². The van der Waals surface area contributed by atoms with Crippen LogP contribution in [0.4, 0.5) is 0 Å². The van der Waals surface area contributed by atoms with Crippen molar-refractivity contribution in [2.45, 2.75) is 301 Å². The van der Waals surface area contributed by atoms with Gasteiger partial charge in [-0.25, -0.2) is 0 Å². The lowest BCUT2D eigenvalue weighted by atomic mass is 9.93. The van der Waals surface area contributed by atoms with Crippen LogP contribution in [0.2, 0.25) is 0 Å². The summed E-state index contributed by atoms with van der Waals surface area (Å²) in [5.41, 5.74) is 0. The molecule has 0 aromatic carbocycles. The Kier molecular flexibility index (Phi) is 34.1. The largest absolute Gasteiger partial charge is 0.394 e. The normalized spacial score (nSPS) is 41.4. The molecule has 21 N–H and O–H groups in total. The zero-order valence-electron chi connectivity index (χ0n) is 54.2. The second-order valence-corrected chi connectivity index (χ2v) is 25.1. The highest BCUT2D eigenvalue weighted by atomic mass is 16.8. The third kappa shape index (κ3) is 21.5. The van der Waals surface area contributed by atoms with Crippen molar-refractivity contribution in [2.75, 3.05) is 46.2 Å². The van der Waals surface area contributed by atoms with Gasteiger partial charge >= 0.3 is 0 Å². The summed E-state index contributed by atoms with van der Waals surface area (Å²) >= 11 is 0. The van der Waals surface area contributed by atoms with Crippen molar-refractivity contribution in [1.82, 2.24) is 16.0 Å². The molecule has 0 spiro atoms. The lowest BCUT2D eigenvalue weighted by molar-refractivity contribution is -0.387. The van der Waals surface area contributed by atoms with Gasteiger partial charge < -0.3 is 165 Å². The first-order chi connectivity index (χ1) is 45.8. The van der Waals surface area contributed by atoms with Crippen LogP contribution in [0, 0.1) is 0 Å². The van der Waals surface area contributed by atoms with Crippen LogP contribution in [-0.2, 0) is 71.2 Å². The zero-order chi connectivity index (χ0) is 70.7. The first-order valence-electron chi connectivity index (χ1n) is 32.9. The minimum Gasteiger partial charge on any atom is -0.394 e. The fourth-order valence-electron chi connectivity index (χ4n) is 12.4. The maximum Gasteiger partial charge on any atom is 0.217 e. The van der Waals surface area contributed by atoms with Gasteiger partial charge in [0.1, 0.15) is 146 Å². The Morgan fingerprint density at radius 3 is 1.12 bits per heavy atom. The van der Waals surface area contributed by atoms with E-state index in [0.29, 0.717) is 6.42 Å². The van der Waals surface area contributed by atoms with Crippen LogP contribution < -0.4 is 16.0 Å². The number of rotatable bonds is 36. The quantitative estimate of drug-likeness (QED) is 0.0205. The summed E-state index contributed by atoms with van der Waals surface area (Å²) in [4.78, 5) is 37.6. The molecule has 558 valence electrons. The molecule has 0 bridgehead atoms. The number of hydrogen-bond donors (Lipinski definition) is 21. The number of amides is 3. The molecular formula is C60H105N3O33. The standard InChI is InChI=1S/C60H105N3O33/c1-5-6-7-8-9-10-11-12-13-14-15-16-17-18-30(73)29(61-26(2)70)25-85-57-47(82)45(80)52(36(24-69)91-57)94-60-49(84)54(41(76)33(21-66)88-60)96-56-38(63-28(4)72)43(78)51(35(23-68)90-56)93-59-48(83)53(40(75)32(20-65)87-59)95-55-37(62-27(3)71)42(77)50(34(22-67)89-55)92-58-46(81)44(79)39(74)31(19-64)86-58/h17-18,29-60,64-69,73-84H,5-16,19-25H2,1-4H3,(H,61,70)(H,62,71)(H,63,72)/b18-17+/t29-,30+,31+,32+,33+,34+,35+,36+,37+,38+,39-,40-,41-,42+,43+,44-,45+,46+,47+,48+,49+,50+,51+,52+,53-,54-,55-,56-,57+,58-,59-,60-/m0/s1. The molecule has 3 amide bonds. The number of nitrogens with one attached hydrogen (secondary N) is 3. The maximum atomic E-state index is 12.8. The molecule has 6 saturated heterocycles. The molecule has 6 aliphatic heterocycles. The molecule has 6 heterocycles. The molecule has 96 heavy (non-hydrogen) atoms. The van der Waals surface area contributed by atoms with Crippen molar-refractivity contribution in [2.24, 2.45) is 0 Å². The van der Waals surface area contributed by atoms with Crippen LogP contribution in [0.15, 0.2) is 12.2 Å². The van der Waals surface area contributed by atoms with Crippen LogP contribution >= 0.6 is 0 Å². The number of carbonyl (C=O) groups is 3. The molecule has 0 radical (unpaired) electrons. The van der Waals surface area contributed by atoms with Crippen LogP contribution in [-0.4, -0.2) is 352 Å². The van der Waals surface area contributed by atoms with E-state index in [0.717, 1.165) is 39.5 Å². The summed E-state index contributed by atoms with van der Waals surface area (Å²) < 4.78 is 69.9. The Hall–Kier alpha value is -3.05. The Labute approximate surface area is 554 Å². The lowest BCUT2D eigenvalue weighted by Gasteiger charge is -2.51. The molecule has 32 atom stereocenters. The molecule has 0 aromatic heterocycles. The molecule has 0 aromatic rings. The Balaban J connectivity index is 1.11. The second-order valence-electron chi connectivity index (χ2n) is 25.1. The van der Waals surface area contributed by atoms with Crippen LogP contribution in [0.1, 0.15) is 105 Å². The van der Waals surface area contributed by atoms with Crippen LogP contribution in [0.3, 0.4) is 0 Å². The number of unbranched alkanes of at least 4 members (excludes halogenated alkanes) is 11. The van der Waals surface area contributed by atoms with Crippen molar-refractivity contribution in [3.63, 3.8) is 0 Å². The van der Waals surface area contributed by atoms with Gasteiger partial charge in [0, 0.05) is 20.8 Å². The molecule has 36 heteroatoms. The number of ether oxygens (including phenoxy) is 12. The number of carbonyl (C=O) groups excluding carboxylic acids is 3. The Morgan fingerprint density at radius 2 is 0.729 bits per heavy atom. The monoisotopic (exact) mass is 1400 g/mol. The van der Waals surface area contributed by atoms with Gasteiger partial charge in [-0.1, -0.05) is 83.3 Å². The number of allylic oxidation sites excluding steroid dienone is 1. The smallest absolute Gasteiger partial charge is 0.217 e. The molecule has 0 aliphatic carbocycles. The zero-order valence-corrected chi connectivity index (χ0v) is 54.2. The Bertz CT molecular complexity index is 2310. The number of aliphatic hydroxyl groups excluding tert-OH is 18. The van der Waals surface area contributed by atoms with Gasteiger partial charge in [0.2, 0.25) is 17.7 Å². The molecule has 36 nitrogen and oxygen atoms in total. The molecular weight excluding hydrogens is 1290 g/mol. The highest BCUT2D eigenvalue weighted by Gasteiger charge is 2.58. The van der Waals surface area contributed by atoms with Gasteiger partial charge in [-0.05, 0) is 12.8 Å². The van der Waals surface area contributed by atoms with Gasteiger partial charge in [0.15, 0.2) is 37.7 Å². The van der Waals surface area contributed by atoms with Crippen LogP contribution in [0.5, 0.6) is 0 Å². The number of hydrogen-bond acceptors (Lipinski definition) is 33. The van der Waals surface area contributed by atoms with Gasteiger partial charge in [-0.2, -0.15) is 0 Å². The van der Waals surface area contributed by atoms with Gasteiger partial charge in [0.05, 0.1) is 58.4 Å². The van der Waals surface area contributed by atoms with Crippen molar-refractivity contribution in [3.05, 3.63) is 12.2 Å². The van der Waals surface area contributed by atoms with E-state index in [1.165, 1.54) is 57.9 Å². The lowest BCUT2D eigenvalue weighted by Crippen LogP contribution is -2.70. The molecule has 6 rings (SSSR count). The minimum atomic E-state index is -2.24. The molecule has 6 aliphatic rings. The average molecular weight is 1400 g/mol. The van der Waals surface area contributed by atoms with E-state index in [1.807, 2.05) is 0 Å². The summed E-state index contributed by atoms with van der Waals surface area (Å²) in [5, 5.41) is 205. The molecule has 0 saturated carbocycles. The maximum absolute atomic E-state index is 12.8. The summed E-state index contributed by atoms with van der Waals surface area (Å²) in [6, 6.07) is -4.66. The topological polar surface area (TPSA) is 562 Å². The van der Waals surface area contributed by atoms with Crippen molar-refractivity contribution in [3.8, 4) is 0 Å². The van der Waals surface area contributed by atoms with E-state index in [2.05, 4.69) is 22.9 Å². The third-order valence-electron chi connectivity index (χ3n) is 17.8. The first-order valence-corrected chi connectivity index (χ1v) is 32.9. The highest BCUT2D eigenvalue weighted by molar-refractivity contribution is 5.74. The average Bonchev–Trinajstić information content (AvgIpc) is 0.780. The van der Waals surface area contributed by atoms with Crippen molar-refractivity contribution >= 4 is 17.7 Å². The van der Waals surface area contributed by atoms with Gasteiger partial charge in [-0.3, -0.25) is 14.4 Å². The highest BCUT2D eigenvalue weighted by Crippen LogP contribution is 2.37. The molecule has 6 fully saturated rings. The summed E-state index contributed by atoms with van der Waals surface area (Å²) in [6.45, 7) is -0.982. The van der Waals surface area contributed by atoms with E-state index in [-0.39, 0.29) is 0 Å². The minimum absolute atomic E-state index is 0.469. The predicted molar refractivity (Wildman–Crippen MR) is 320 cm³/mol. The van der Waals surface area contributed by atoms with E-state index in [1.54, 1.807) is 6.08 Å². The number of aliphatic hydroxyl groups is 18. The molecule has 0 unspecified atom stereocenters. The van der Waals surface area contributed by atoms with Gasteiger partial charge in [0.25, 0.3) is 0 Å². The predicted octanol–water partition coefficient (Wildman–Crippen LogP) is -8.67. The van der Waals surface area contributed by atoms with E-state index in [4.69, 9.17) is 56.8 Å². The second kappa shape index (κ2) is 40.0. The Morgan fingerprint density at radius 1 is 0.385 bits per heavy atom. The van der Waals surface area contributed by atoms with Crippen molar-refractivity contribution in [1.29, 1.82) is 0 Å². The van der Waals surface area contributed by atoms with E-state index >= 15 is 0 Å².